The fourth-order valence-corrected chi connectivity index (χ4v) is 2.13. The molecule has 2 unspecified atom stereocenters. The Kier molecular flexibility index (Phi) is 4.18. The largest absolute Gasteiger partial charge is 0.379 e. The highest BCUT2D eigenvalue weighted by Gasteiger charge is 2.28. The second kappa shape index (κ2) is 5.64. The van der Waals surface area contributed by atoms with Crippen LogP contribution in [-0.4, -0.2) is 38.3 Å². The fraction of sp³-hybridized carbons (Fsp3) is 0.917. The average molecular weight is 226 g/mol. The Morgan fingerprint density at radius 3 is 2.88 bits per heavy atom. The van der Waals surface area contributed by atoms with Gasteiger partial charge in [-0.05, 0) is 38.6 Å². The monoisotopic (exact) mass is 226 g/mol. The van der Waals surface area contributed by atoms with Gasteiger partial charge in [-0.3, -0.25) is 4.79 Å². The average Bonchev–Trinajstić information content (AvgIpc) is 2.99. The molecule has 0 radical (unpaired) electrons. The van der Waals surface area contributed by atoms with E-state index in [9.17, 15) is 4.79 Å². The van der Waals surface area contributed by atoms with Gasteiger partial charge in [-0.1, -0.05) is 0 Å². The number of carbonyl (C=O) groups excluding carboxylic acids is 1. The van der Waals surface area contributed by atoms with Crippen LogP contribution in [0.3, 0.4) is 0 Å². The van der Waals surface area contributed by atoms with Crippen LogP contribution in [0.2, 0.25) is 0 Å². The zero-order valence-electron chi connectivity index (χ0n) is 10.00. The molecule has 2 aliphatic rings. The molecule has 0 bridgehead atoms. The Morgan fingerprint density at radius 2 is 2.25 bits per heavy atom. The number of nitrogens with one attached hydrogen (secondary N) is 2. The standard InChI is InChI=1S/C12H22N2O2/c1-9-11(4-5-13-9)12(15)14-6-7-16-8-10-2-3-10/h9-11,13H,2-8H2,1H3,(H,14,15). The topological polar surface area (TPSA) is 50.4 Å². The van der Waals surface area contributed by atoms with Crippen LogP contribution >= 0.6 is 0 Å². The summed E-state index contributed by atoms with van der Waals surface area (Å²) in [4.78, 5) is 11.8. The van der Waals surface area contributed by atoms with E-state index >= 15 is 0 Å². The lowest BCUT2D eigenvalue weighted by molar-refractivity contribution is -0.125. The van der Waals surface area contributed by atoms with Gasteiger partial charge in [-0.2, -0.15) is 0 Å². The van der Waals surface area contributed by atoms with Crippen LogP contribution in [-0.2, 0) is 9.53 Å². The Bertz CT molecular complexity index is 241. The van der Waals surface area contributed by atoms with Crippen LogP contribution in [0, 0.1) is 11.8 Å². The van der Waals surface area contributed by atoms with Gasteiger partial charge in [0.1, 0.15) is 0 Å². The number of hydrogen-bond acceptors (Lipinski definition) is 3. The van der Waals surface area contributed by atoms with Crippen LogP contribution in [0.5, 0.6) is 0 Å². The zero-order chi connectivity index (χ0) is 11.4. The minimum Gasteiger partial charge on any atom is -0.379 e. The maximum Gasteiger partial charge on any atom is 0.224 e. The SMILES string of the molecule is CC1NCCC1C(=O)NCCOCC1CC1. The Morgan fingerprint density at radius 1 is 1.44 bits per heavy atom. The van der Waals surface area contributed by atoms with E-state index in [2.05, 4.69) is 17.6 Å². The van der Waals surface area contributed by atoms with Gasteiger partial charge in [0.05, 0.1) is 12.5 Å². The second-order valence-corrected chi connectivity index (χ2v) is 4.95. The molecule has 0 aromatic carbocycles. The maximum atomic E-state index is 11.8. The molecule has 1 heterocycles. The highest BCUT2D eigenvalue weighted by molar-refractivity contribution is 5.79. The third-order valence-corrected chi connectivity index (χ3v) is 3.46. The Labute approximate surface area is 97.1 Å². The molecule has 4 heteroatoms. The first-order chi connectivity index (χ1) is 7.77. The predicted molar refractivity (Wildman–Crippen MR) is 62.1 cm³/mol. The Balaban J connectivity index is 1.52. The molecule has 2 N–H and O–H groups in total. The molecule has 0 aromatic rings. The summed E-state index contributed by atoms with van der Waals surface area (Å²) in [6.45, 7) is 5.20. The Hall–Kier alpha value is -0.610. The fourth-order valence-electron chi connectivity index (χ4n) is 2.13. The summed E-state index contributed by atoms with van der Waals surface area (Å²) < 4.78 is 5.47. The summed E-state index contributed by atoms with van der Waals surface area (Å²) in [5.41, 5.74) is 0. The summed E-state index contributed by atoms with van der Waals surface area (Å²) in [6.07, 6.45) is 3.59. The molecule has 1 aliphatic carbocycles. The molecule has 1 saturated heterocycles. The van der Waals surface area contributed by atoms with Crippen molar-refractivity contribution < 1.29 is 9.53 Å². The quantitative estimate of drug-likeness (QED) is 0.649. The van der Waals surface area contributed by atoms with E-state index in [4.69, 9.17) is 4.74 Å². The van der Waals surface area contributed by atoms with E-state index < -0.39 is 0 Å². The summed E-state index contributed by atoms with van der Waals surface area (Å²) in [5, 5.41) is 6.23. The van der Waals surface area contributed by atoms with Crippen molar-refractivity contribution in [3.05, 3.63) is 0 Å². The molecule has 0 aromatic heterocycles. The van der Waals surface area contributed by atoms with Crippen molar-refractivity contribution in [1.82, 2.24) is 10.6 Å². The van der Waals surface area contributed by atoms with Crippen LogP contribution in [0.25, 0.3) is 0 Å². The third kappa shape index (κ3) is 3.46. The van der Waals surface area contributed by atoms with Crippen molar-refractivity contribution in [1.29, 1.82) is 0 Å². The molecular formula is C12H22N2O2. The molecule has 0 spiro atoms. The van der Waals surface area contributed by atoms with Crippen molar-refractivity contribution in [2.45, 2.75) is 32.2 Å². The first kappa shape index (κ1) is 11.9. The van der Waals surface area contributed by atoms with E-state index in [1.54, 1.807) is 0 Å². The molecule has 92 valence electrons. The molecular weight excluding hydrogens is 204 g/mol. The van der Waals surface area contributed by atoms with Crippen molar-refractivity contribution in [3.8, 4) is 0 Å². The summed E-state index contributed by atoms with van der Waals surface area (Å²) >= 11 is 0. The molecule has 1 saturated carbocycles. The van der Waals surface area contributed by atoms with Crippen LogP contribution in [0.4, 0.5) is 0 Å². The van der Waals surface area contributed by atoms with Crippen LogP contribution < -0.4 is 10.6 Å². The highest BCUT2D eigenvalue weighted by atomic mass is 16.5. The first-order valence-corrected chi connectivity index (χ1v) is 6.36. The summed E-state index contributed by atoms with van der Waals surface area (Å²) in [6, 6.07) is 0.312. The minimum atomic E-state index is 0.142. The lowest BCUT2D eigenvalue weighted by Gasteiger charge is -2.14. The molecule has 16 heavy (non-hydrogen) atoms. The maximum absolute atomic E-state index is 11.8. The third-order valence-electron chi connectivity index (χ3n) is 3.46. The molecule has 2 fully saturated rings. The minimum absolute atomic E-state index is 0.142. The predicted octanol–water partition coefficient (Wildman–Crippen LogP) is 0.527. The van der Waals surface area contributed by atoms with Gasteiger partial charge in [0.15, 0.2) is 0 Å². The van der Waals surface area contributed by atoms with Gasteiger partial charge in [0, 0.05) is 19.2 Å². The van der Waals surface area contributed by atoms with Gasteiger partial charge in [-0.25, -0.2) is 0 Å². The lowest BCUT2D eigenvalue weighted by atomic mass is 10.0. The molecule has 1 aliphatic heterocycles. The smallest absolute Gasteiger partial charge is 0.224 e. The van der Waals surface area contributed by atoms with E-state index in [0.717, 1.165) is 25.5 Å². The second-order valence-electron chi connectivity index (χ2n) is 4.95. The number of carbonyl (C=O) groups is 1. The number of amides is 1. The molecule has 1 amide bonds. The van der Waals surface area contributed by atoms with Gasteiger partial charge in [-0.15, -0.1) is 0 Å². The van der Waals surface area contributed by atoms with Gasteiger partial charge < -0.3 is 15.4 Å². The van der Waals surface area contributed by atoms with Crippen molar-refractivity contribution >= 4 is 5.91 Å². The highest BCUT2D eigenvalue weighted by Crippen LogP contribution is 2.28. The van der Waals surface area contributed by atoms with Crippen molar-refractivity contribution in [2.24, 2.45) is 11.8 Å². The molecule has 2 rings (SSSR count). The zero-order valence-corrected chi connectivity index (χ0v) is 10.00. The lowest BCUT2D eigenvalue weighted by Crippen LogP contribution is -2.38. The van der Waals surface area contributed by atoms with Gasteiger partial charge >= 0.3 is 0 Å². The summed E-state index contributed by atoms with van der Waals surface area (Å²) in [7, 11) is 0. The van der Waals surface area contributed by atoms with E-state index in [-0.39, 0.29) is 11.8 Å². The normalized spacial score (nSPS) is 29.3. The van der Waals surface area contributed by atoms with E-state index in [1.165, 1.54) is 12.8 Å². The molecule has 2 atom stereocenters. The number of hydrogen-bond donors (Lipinski definition) is 2. The number of rotatable bonds is 6. The van der Waals surface area contributed by atoms with Gasteiger partial charge in [0.25, 0.3) is 0 Å². The van der Waals surface area contributed by atoms with Crippen molar-refractivity contribution in [3.63, 3.8) is 0 Å². The summed E-state index contributed by atoms with van der Waals surface area (Å²) in [5.74, 6) is 1.12. The van der Waals surface area contributed by atoms with Crippen LogP contribution in [0.15, 0.2) is 0 Å². The van der Waals surface area contributed by atoms with Crippen LogP contribution in [0.1, 0.15) is 26.2 Å². The molecule has 4 nitrogen and oxygen atoms in total. The first-order valence-electron chi connectivity index (χ1n) is 6.36. The van der Waals surface area contributed by atoms with Crippen molar-refractivity contribution in [2.75, 3.05) is 26.3 Å². The van der Waals surface area contributed by atoms with E-state index in [1.807, 2.05) is 0 Å². The van der Waals surface area contributed by atoms with Gasteiger partial charge in [0.2, 0.25) is 5.91 Å². The number of ether oxygens (including phenoxy) is 1. The van der Waals surface area contributed by atoms with E-state index in [0.29, 0.717) is 19.2 Å².